The van der Waals surface area contributed by atoms with Gasteiger partial charge in [-0.15, -0.1) is 4.28 Å². The van der Waals surface area contributed by atoms with Crippen LogP contribution in [0.5, 0.6) is 0 Å². The summed E-state index contributed by atoms with van der Waals surface area (Å²) < 4.78 is 35.0. The van der Waals surface area contributed by atoms with E-state index in [9.17, 15) is 18.0 Å². The largest absolute Gasteiger partial charge is 0.418 e. The molecule has 2 heterocycles. The Balaban J connectivity index is 1.65. The molecule has 11 heteroatoms. The molecule has 148 valence electrons. The van der Waals surface area contributed by atoms with Crippen LogP contribution in [-0.4, -0.2) is 72.5 Å². The summed E-state index contributed by atoms with van der Waals surface area (Å²) >= 11 is 0. The van der Waals surface area contributed by atoms with Crippen molar-refractivity contribution in [2.75, 3.05) is 26.0 Å². The van der Waals surface area contributed by atoms with Crippen molar-refractivity contribution < 1.29 is 26.8 Å². The molecule has 27 heavy (non-hydrogen) atoms. The Kier molecular flexibility index (Phi) is 5.38. The van der Waals surface area contributed by atoms with Crippen LogP contribution in [0.15, 0.2) is 24.3 Å². The summed E-state index contributed by atoms with van der Waals surface area (Å²) in [5.74, 6) is -0.351. The van der Waals surface area contributed by atoms with Crippen molar-refractivity contribution in [1.29, 1.82) is 0 Å². The number of anilines is 1. The Morgan fingerprint density at radius 2 is 1.96 bits per heavy atom. The first-order valence-corrected chi connectivity index (χ1v) is 9.82. The van der Waals surface area contributed by atoms with Gasteiger partial charge in [-0.2, -0.15) is 13.5 Å². The number of hydrogen-bond acceptors (Lipinski definition) is 6. The van der Waals surface area contributed by atoms with E-state index in [4.69, 9.17) is 4.55 Å². The Bertz CT molecular complexity index is 826. The molecule has 0 spiro atoms. The van der Waals surface area contributed by atoms with Crippen molar-refractivity contribution in [1.82, 2.24) is 14.9 Å². The molecule has 2 aliphatic rings. The number of nitrogens with zero attached hydrogens (tertiary/aromatic N) is 3. The number of fused-ring (bicyclic) bond motifs is 2. The molecule has 0 aliphatic carbocycles. The number of urea groups is 1. The van der Waals surface area contributed by atoms with Crippen molar-refractivity contribution in [3.8, 4) is 0 Å². The number of hydrogen-bond donors (Lipinski definition) is 2. The highest BCUT2D eigenvalue weighted by atomic mass is 32.3. The monoisotopic (exact) mass is 398 g/mol. The van der Waals surface area contributed by atoms with Crippen LogP contribution in [0.2, 0.25) is 0 Å². The van der Waals surface area contributed by atoms with E-state index in [-0.39, 0.29) is 12.5 Å². The number of amides is 3. The fourth-order valence-corrected chi connectivity index (χ4v) is 3.78. The van der Waals surface area contributed by atoms with Crippen LogP contribution < -0.4 is 5.32 Å². The van der Waals surface area contributed by atoms with Crippen molar-refractivity contribution in [3.05, 3.63) is 29.8 Å². The minimum absolute atomic E-state index is 0.161. The maximum atomic E-state index is 12.6. The average Bonchev–Trinajstić information content (AvgIpc) is 2.80. The minimum atomic E-state index is -4.80. The van der Waals surface area contributed by atoms with Gasteiger partial charge in [-0.1, -0.05) is 12.1 Å². The molecular weight excluding hydrogens is 376 g/mol. The second-order valence-corrected chi connectivity index (χ2v) is 7.94. The van der Waals surface area contributed by atoms with Crippen molar-refractivity contribution in [2.45, 2.75) is 31.5 Å². The van der Waals surface area contributed by atoms with Gasteiger partial charge in [0.25, 0.3) is 0 Å². The summed E-state index contributed by atoms with van der Waals surface area (Å²) in [7, 11) is -0.871. The lowest BCUT2D eigenvalue weighted by Gasteiger charge is -2.29. The van der Waals surface area contributed by atoms with Gasteiger partial charge in [0.15, 0.2) is 0 Å². The highest BCUT2D eigenvalue weighted by Crippen LogP contribution is 2.31. The van der Waals surface area contributed by atoms with E-state index >= 15 is 0 Å². The van der Waals surface area contributed by atoms with E-state index in [0.717, 1.165) is 12.1 Å². The van der Waals surface area contributed by atoms with Crippen LogP contribution in [0.25, 0.3) is 0 Å². The van der Waals surface area contributed by atoms with Gasteiger partial charge in [0, 0.05) is 18.8 Å². The summed E-state index contributed by atoms with van der Waals surface area (Å²) in [4.78, 5) is 28.3. The summed E-state index contributed by atoms with van der Waals surface area (Å²) in [6, 6.07) is 5.41. The number of carbonyl (C=O) groups excluding carboxylic acids is 2. The molecule has 0 radical (unpaired) electrons. The highest BCUT2D eigenvalue weighted by Gasteiger charge is 2.49. The first-order valence-electron chi connectivity index (χ1n) is 8.45. The van der Waals surface area contributed by atoms with E-state index in [1.165, 1.54) is 4.90 Å². The van der Waals surface area contributed by atoms with E-state index < -0.39 is 28.5 Å². The summed E-state index contributed by atoms with van der Waals surface area (Å²) in [5.41, 5.74) is 1.72. The topological polar surface area (TPSA) is 119 Å². The maximum Gasteiger partial charge on any atom is 0.418 e. The second-order valence-electron chi connectivity index (χ2n) is 6.93. The zero-order valence-electron chi connectivity index (χ0n) is 15.0. The van der Waals surface area contributed by atoms with Crippen LogP contribution in [0.3, 0.4) is 0 Å². The number of piperidine rings is 1. The van der Waals surface area contributed by atoms with E-state index in [0.29, 0.717) is 23.6 Å². The quantitative estimate of drug-likeness (QED) is 0.677. The van der Waals surface area contributed by atoms with Gasteiger partial charge in [0.1, 0.15) is 6.04 Å². The molecule has 3 rings (SSSR count). The van der Waals surface area contributed by atoms with Crippen LogP contribution in [-0.2, 0) is 26.0 Å². The fraction of sp³-hybridized carbons (Fsp3) is 0.500. The molecule has 10 nitrogen and oxygen atoms in total. The van der Waals surface area contributed by atoms with Gasteiger partial charge in [-0.25, -0.2) is 4.79 Å². The number of nitrogens with one attached hydrogen (secondary N) is 1. The van der Waals surface area contributed by atoms with E-state index in [1.807, 2.05) is 31.1 Å². The summed E-state index contributed by atoms with van der Waals surface area (Å²) in [6.07, 6.45) is 0.754. The minimum Gasteiger partial charge on any atom is -0.324 e. The van der Waals surface area contributed by atoms with Gasteiger partial charge in [-0.05, 0) is 44.6 Å². The number of hydroxylamine groups is 2. The first kappa shape index (κ1) is 19.5. The van der Waals surface area contributed by atoms with Crippen molar-refractivity contribution in [2.24, 2.45) is 0 Å². The lowest BCUT2D eigenvalue weighted by atomic mass is 10.00. The molecule has 2 bridgehead atoms. The van der Waals surface area contributed by atoms with E-state index in [2.05, 4.69) is 9.60 Å². The van der Waals surface area contributed by atoms with Crippen LogP contribution in [0.1, 0.15) is 18.4 Å². The zero-order valence-corrected chi connectivity index (χ0v) is 15.8. The standard InChI is InChI=1S/C16H22N4O6S/c1-18(2)9-11-3-5-12(6-4-11)17-15(21)14-8-7-13-10-19(14)16(22)20(13)26-27(23,24)25/h3-6,13-14H,7-10H2,1-2H3,(H,17,21)(H,23,24,25). The Labute approximate surface area is 157 Å². The number of benzene rings is 1. The van der Waals surface area contributed by atoms with Gasteiger partial charge in [0.2, 0.25) is 5.91 Å². The van der Waals surface area contributed by atoms with Crippen LogP contribution >= 0.6 is 0 Å². The first-order chi connectivity index (χ1) is 12.6. The lowest BCUT2D eigenvalue weighted by Crippen LogP contribution is -2.47. The average molecular weight is 398 g/mol. The van der Waals surface area contributed by atoms with Crippen molar-refractivity contribution in [3.63, 3.8) is 0 Å². The van der Waals surface area contributed by atoms with Gasteiger partial charge in [0.05, 0.1) is 6.04 Å². The molecule has 2 aliphatic heterocycles. The molecule has 1 aromatic carbocycles. The Morgan fingerprint density at radius 3 is 2.56 bits per heavy atom. The van der Waals surface area contributed by atoms with Gasteiger partial charge < -0.3 is 15.1 Å². The Hall–Kier alpha value is -2.21. The van der Waals surface area contributed by atoms with Crippen LogP contribution in [0, 0.1) is 0 Å². The molecule has 1 aromatic rings. The molecule has 3 amide bonds. The van der Waals surface area contributed by atoms with Gasteiger partial charge >= 0.3 is 16.4 Å². The third-order valence-electron chi connectivity index (χ3n) is 4.52. The zero-order chi connectivity index (χ0) is 19.8. The van der Waals surface area contributed by atoms with Crippen molar-refractivity contribution >= 4 is 28.0 Å². The third kappa shape index (κ3) is 4.56. The highest BCUT2D eigenvalue weighted by molar-refractivity contribution is 7.80. The molecule has 2 unspecified atom stereocenters. The fourth-order valence-electron chi connectivity index (χ4n) is 3.39. The smallest absolute Gasteiger partial charge is 0.324 e. The summed E-state index contributed by atoms with van der Waals surface area (Å²) in [6.45, 7) is 0.943. The molecule has 2 fully saturated rings. The molecule has 2 saturated heterocycles. The summed E-state index contributed by atoms with van der Waals surface area (Å²) in [5, 5.41) is 3.41. The lowest BCUT2D eigenvalue weighted by molar-refractivity contribution is -0.120. The SMILES string of the molecule is CN(C)Cc1ccc(NC(=O)C2CCC3CN2C(=O)N3OS(=O)(=O)O)cc1. The van der Waals surface area contributed by atoms with E-state index in [1.54, 1.807) is 12.1 Å². The number of rotatable bonds is 6. The third-order valence-corrected chi connectivity index (χ3v) is 4.87. The van der Waals surface area contributed by atoms with Crippen LogP contribution in [0.4, 0.5) is 10.5 Å². The molecule has 0 aromatic heterocycles. The molecule has 2 N–H and O–H groups in total. The predicted octanol–water partition coefficient (Wildman–Crippen LogP) is 0.690. The number of carbonyl (C=O) groups is 2. The maximum absolute atomic E-state index is 12.6. The Morgan fingerprint density at radius 1 is 1.30 bits per heavy atom. The van der Waals surface area contributed by atoms with Gasteiger partial charge in [-0.3, -0.25) is 9.35 Å². The molecule has 0 saturated carbocycles. The predicted molar refractivity (Wildman–Crippen MR) is 95.8 cm³/mol. The normalized spacial score (nSPS) is 22.4. The molecular formula is C16H22N4O6S. The molecule has 2 atom stereocenters. The second kappa shape index (κ2) is 7.43.